The van der Waals surface area contributed by atoms with Crippen LogP contribution in [0, 0.1) is 0 Å². The molecule has 0 aliphatic carbocycles. The largest absolute Gasteiger partial charge is 0.446 e. The van der Waals surface area contributed by atoms with Gasteiger partial charge in [0.1, 0.15) is 0 Å². The maximum absolute atomic E-state index is 12.1. The molecule has 0 saturated heterocycles. The van der Waals surface area contributed by atoms with Crippen molar-refractivity contribution in [1.29, 1.82) is 0 Å². The molecule has 1 aromatic rings. The monoisotopic (exact) mass is 275 g/mol. The van der Waals surface area contributed by atoms with E-state index in [9.17, 15) is 13.2 Å². The van der Waals surface area contributed by atoms with Crippen molar-refractivity contribution >= 4 is 17.8 Å². The van der Waals surface area contributed by atoms with Crippen LogP contribution in [0.1, 0.15) is 19.4 Å². The van der Waals surface area contributed by atoms with E-state index in [1.807, 2.05) is 19.9 Å². The predicted molar refractivity (Wildman–Crippen MR) is 70.5 cm³/mol. The number of benzene rings is 1. The fourth-order valence-corrected chi connectivity index (χ4v) is 1.96. The van der Waals surface area contributed by atoms with Crippen LogP contribution in [0.2, 0.25) is 0 Å². The molecule has 1 aromatic carbocycles. The number of rotatable bonds is 5. The van der Waals surface area contributed by atoms with Crippen molar-refractivity contribution < 1.29 is 13.2 Å². The third kappa shape index (κ3) is 6.12. The summed E-state index contributed by atoms with van der Waals surface area (Å²) in [6, 6.07) is 6.38. The van der Waals surface area contributed by atoms with Gasteiger partial charge in [-0.05, 0) is 42.9 Å². The lowest BCUT2D eigenvalue weighted by atomic mass is 10.1. The molecule has 0 bridgehead atoms. The molecule has 0 saturated carbocycles. The van der Waals surface area contributed by atoms with Crippen LogP contribution in [0.15, 0.2) is 34.7 Å². The van der Waals surface area contributed by atoms with E-state index in [1.165, 1.54) is 12.1 Å². The molecule has 100 valence electrons. The summed E-state index contributed by atoms with van der Waals surface area (Å²) >= 11 is -0.0908. The predicted octanol–water partition coefficient (Wildman–Crippen LogP) is 4.31. The van der Waals surface area contributed by atoms with Crippen LogP contribution in [-0.4, -0.2) is 18.6 Å². The zero-order chi connectivity index (χ0) is 13.6. The van der Waals surface area contributed by atoms with Crippen LogP contribution in [-0.2, 0) is 0 Å². The van der Waals surface area contributed by atoms with Crippen molar-refractivity contribution in [1.82, 2.24) is 5.32 Å². The quantitative estimate of drug-likeness (QED) is 0.804. The molecule has 18 heavy (non-hydrogen) atoms. The topological polar surface area (TPSA) is 12.0 Å². The smallest absolute Gasteiger partial charge is 0.313 e. The lowest BCUT2D eigenvalue weighted by molar-refractivity contribution is -0.0328. The van der Waals surface area contributed by atoms with E-state index in [0.29, 0.717) is 0 Å². The third-order valence-corrected chi connectivity index (χ3v) is 2.92. The number of hydrogen-bond acceptors (Lipinski definition) is 2. The molecular formula is C13H16F3NS. The van der Waals surface area contributed by atoms with Crippen molar-refractivity contribution in [2.24, 2.45) is 0 Å². The summed E-state index contributed by atoms with van der Waals surface area (Å²) in [5.41, 5.74) is -2.16. The van der Waals surface area contributed by atoms with Crippen LogP contribution < -0.4 is 5.32 Å². The molecule has 1 nitrogen and oxygen atoms in total. The van der Waals surface area contributed by atoms with Gasteiger partial charge in [-0.15, -0.1) is 0 Å². The van der Waals surface area contributed by atoms with Crippen molar-refractivity contribution in [3.8, 4) is 0 Å². The Morgan fingerprint density at radius 3 is 2.39 bits per heavy atom. The van der Waals surface area contributed by atoms with Crippen molar-refractivity contribution in [2.75, 3.05) is 13.1 Å². The van der Waals surface area contributed by atoms with E-state index in [1.54, 1.807) is 12.1 Å². The average molecular weight is 275 g/mol. The van der Waals surface area contributed by atoms with Gasteiger partial charge in [-0.3, -0.25) is 0 Å². The highest BCUT2D eigenvalue weighted by molar-refractivity contribution is 8.00. The van der Waals surface area contributed by atoms with Crippen molar-refractivity contribution in [2.45, 2.75) is 24.3 Å². The van der Waals surface area contributed by atoms with E-state index in [4.69, 9.17) is 0 Å². The molecule has 0 aromatic heterocycles. The fourth-order valence-electron chi connectivity index (χ4n) is 1.42. The number of nitrogens with one attached hydrogen (secondary N) is 1. The average Bonchev–Trinajstić information content (AvgIpc) is 2.27. The third-order valence-electron chi connectivity index (χ3n) is 2.18. The van der Waals surface area contributed by atoms with Gasteiger partial charge in [-0.2, -0.15) is 13.2 Å². The van der Waals surface area contributed by atoms with Gasteiger partial charge >= 0.3 is 5.51 Å². The van der Waals surface area contributed by atoms with Crippen LogP contribution >= 0.6 is 11.8 Å². The molecule has 0 atom stereocenters. The molecule has 5 heteroatoms. The summed E-state index contributed by atoms with van der Waals surface area (Å²) in [5.74, 6) is 0. The molecular weight excluding hydrogens is 259 g/mol. The first kappa shape index (κ1) is 15.1. The highest BCUT2D eigenvalue weighted by atomic mass is 32.2. The lowest BCUT2D eigenvalue weighted by Gasteiger charge is -2.06. The zero-order valence-corrected chi connectivity index (χ0v) is 11.2. The molecule has 0 heterocycles. The summed E-state index contributed by atoms with van der Waals surface area (Å²) in [7, 11) is 0. The van der Waals surface area contributed by atoms with Crippen LogP contribution in [0.3, 0.4) is 0 Å². The van der Waals surface area contributed by atoms with Gasteiger partial charge in [0.2, 0.25) is 0 Å². The van der Waals surface area contributed by atoms with Gasteiger partial charge in [0.25, 0.3) is 0 Å². The van der Waals surface area contributed by atoms with Gasteiger partial charge in [-0.1, -0.05) is 30.7 Å². The summed E-state index contributed by atoms with van der Waals surface area (Å²) in [4.78, 5) is 0.212. The molecule has 0 aliphatic heterocycles. The number of likely N-dealkylation sites (N-methyl/N-ethyl adjacent to an activating group) is 1. The molecule has 0 radical (unpaired) electrons. The minimum Gasteiger partial charge on any atom is -0.313 e. The summed E-state index contributed by atoms with van der Waals surface area (Å²) < 4.78 is 36.4. The Bertz CT molecular complexity index is 396. The first-order chi connectivity index (χ1) is 8.40. The van der Waals surface area contributed by atoms with Gasteiger partial charge < -0.3 is 5.32 Å². The lowest BCUT2D eigenvalue weighted by Crippen LogP contribution is -2.14. The fraction of sp³-hybridized carbons (Fsp3) is 0.385. The number of alkyl halides is 3. The standard InChI is InChI=1S/C13H16F3NS/c1-3-17-9-10(2)8-11-4-6-12(7-5-11)18-13(14,15)16/h4-8,17H,3,9H2,1-2H3. The van der Waals surface area contributed by atoms with Crippen LogP contribution in [0.25, 0.3) is 6.08 Å². The summed E-state index contributed by atoms with van der Waals surface area (Å²) in [6.07, 6.45) is 1.96. The van der Waals surface area contributed by atoms with Gasteiger partial charge in [0.15, 0.2) is 0 Å². The Labute approximate surface area is 109 Å². The zero-order valence-electron chi connectivity index (χ0n) is 10.3. The van der Waals surface area contributed by atoms with E-state index in [-0.39, 0.29) is 16.7 Å². The number of thioether (sulfide) groups is 1. The molecule has 1 rings (SSSR count). The molecule has 0 amide bonds. The Balaban J connectivity index is 2.65. The molecule has 0 spiro atoms. The first-order valence-electron chi connectivity index (χ1n) is 5.64. The van der Waals surface area contributed by atoms with Crippen LogP contribution in [0.4, 0.5) is 13.2 Å². The van der Waals surface area contributed by atoms with Crippen molar-refractivity contribution in [3.05, 3.63) is 35.4 Å². The number of halogens is 3. The SMILES string of the molecule is CCNCC(C)=Cc1ccc(SC(F)(F)F)cc1. The Morgan fingerprint density at radius 1 is 1.28 bits per heavy atom. The molecule has 0 unspecified atom stereocenters. The first-order valence-corrected chi connectivity index (χ1v) is 6.46. The second-order valence-electron chi connectivity index (χ2n) is 3.89. The second-order valence-corrected chi connectivity index (χ2v) is 5.03. The highest BCUT2D eigenvalue weighted by Gasteiger charge is 2.28. The number of hydrogen-bond donors (Lipinski definition) is 1. The van der Waals surface area contributed by atoms with E-state index < -0.39 is 5.51 Å². The molecule has 1 N–H and O–H groups in total. The minimum atomic E-state index is -4.22. The van der Waals surface area contributed by atoms with Crippen molar-refractivity contribution in [3.63, 3.8) is 0 Å². The van der Waals surface area contributed by atoms with Gasteiger partial charge in [-0.25, -0.2) is 0 Å². The van der Waals surface area contributed by atoms with E-state index in [2.05, 4.69) is 5.32 Å². The molecule has 0 aliphatic rings. The van der Waals surface area contributed by atoms with Gasteiger partial charge in [0, 0.05) is 11.4 Å². The summed E-state index contributed by atoms with van der Waals surface area (Å²) in [5, 5.41) is 3.19. The Morgan fingerprint density at radius 2 is 1.89 bits per heavy atom. The summed E-state index contributed by atoms with van der Waals surface area (Å²) in [6.45, 7) is 5.69. The normalized spacial score (nSPS) is 12.8. The maximum Gasteiger partial charge on any atom is 0.446 e. The minimum absolute atomic E-state index is 0.0908. The Kier molecular flexibility index (Phi) is 5.75. The van der Waals surface area contributed by atoms with E-state index >= 15 is 0 Å². The van der Waals surface area contributed by atoms with Gasteiger partial charge in [0.05, 0.1) is 0 Å². The Hall–Kier alpha value is -0.940. The maximum atomic E-state index is 12.1. The highest BCUT2D eigenvalue weighted by Crippen LogP contribution is 2.36. The van der Waals surface area contributed by atoms with E-state index in [0.717, 1.165) is 24.2 Å². The second kappa shape index (κ2) is 6.85. The van der Waals surface area contributed by atoms with Crippen LogP contribution in [0.5, 0.6) is 0 Å². The molecule has 0 fully saturated rings.